The molecular weight excluding hydrogens is 310 g/mol. The molecule has 0 saturated carbocycles. The largest absolute Gasteiger partial charge is 0.448 e. The highest BCUT2D eigenvalue weighted by Gasteiger charge is 2.04. The molecule has 1 amide bonds. The standard InChI is InChI=1S/C13H14BrN3O2/c14-11-4-3-9(8-16-6-7-19-13(15)18)12-10(11)2-1-5-17-12/h1-5,16H,6-8H2,(H2,15,18). The predicted octanol–water partition coefficient (Wildman–Crippen LogP) is 2.18. The third-order valence-electron chi connectivity index (χ3n) is 2.64. The van der Waals surface area contributed by atoms with Crippen LogP contribution in [0.4, 0.5) is 4.79 Å². The van der Waals surface area contributed by atoms with Crippen LogP contribution in [0.3, 0.4) is 0 Å². The molecule has 0 saturated heterocycles. The van der Waals surface area contributed by atoms with Crippen molar-refractivity contribution >= 4 is 32.9 Å². The quantitative estimate of drug-likeness (QED) is 0.827. The lowest BCUT2D eigenvalue weighted by atomic mass is 10.1. The molecule has 5 nitrogen and oxygen atoms in total. The summed E-state index contributed by atoms with van der Waals surface area (Å²) in [7, 11) is 0. The molecule has 0 atom stereocenters. The van der Waals surface area contributed by atoms with Crippen molar-refractivity contribution in [2.24, 2.45) is 5.73 Å². The van der Waals surface area contributed by atoms with Gasteiger partial charge < -0.3 is 15.8 Å². The maximum atomic E-state index is 10.4. The Labute approximate surface area is 119 Å². The average molecular weight is 324 g/mol. The second-order valence-corrected chi connectivity index (χ2v) is 4.80. The molecule has 1 aromatic heterocycles. The number of nitrogens with zero attached hydrogens (tertiary/aromatic N) is 1. The molecule has 3 N–H and O–H groups in total. The number of primary amides is 1. The Balaban J connectivity index is 2.01. The molecule has 0 aliphatic rings. The van der Waals surface area contributed by atoms with Crippen LogP contribution in [0.15, 0.2) is 34.9 Å². The number of pyridine rings is 1. The molecule has 19 heavy (non-hydrogen) atoms. The van der Waals surface area contributed by atoms with Gasteiger partial charge in [-0.25, -0.2) is 4.79 Å². The highest BCUT2D eigenvalue weighted by atomic mass is 79.9. The summed E-state index contributed by atoms with van der Waals surface area (Å²) in [5.74, 6) is 0. The minimum atomic E-state index is -0.752. The van der Waals surface area contributed by atoms with Crippen LogP contribution < -0.4 is 11.1 Å². The van der Waals surface area contributed by atoms with Crippen LogP contribution in [-0.4, -0.2) is 24.2 Å². The molecule has 0 bridgehead atoms. The predicted molar refractivity (Wildman–Crippen MR) is 76.7 cm³/mol. The second-order valence-electron chi connectivity index (χ2n) is 3.95. The molecule has 1 aromatic carbocycles. The number of carbonyl (C=O) groups is 1. The van der Waals surface area contributed by atoms with Gasteiger partial charge in [0.2, 0.25) is 0 Å². The second kappa shape index (κ2) is 6.49. The van der Waals surface area contributed by atoms with E-state index in [9.17, 15) is 4.79 Å². The van der Waals surface area contributed by atoms with Crippen LogP contribution in [0.2, 0.25) is 0 Å². The topological polar surface area (TPSA) is 77.2 Å². The van der Waals surface area contributed by atoms with Gasteiger partial charge in [0, 0.05) is 29.1 Å². The van der Waals surface area contributed by atoms with E-state index < -0.39 is 6.09 Å². The Morgan fingerprint density at radius 1 is 1.42 bits per heavy atom. The lowest BCUT2D eigenvalue weighted by molar-refractivity contribution is 0.157. The molecule has 1 heterocycles. The van der Waals surface area contributed by atoms with Gasteiger partial charge in [0.25, 0.3) is 0 Å². The van der Waals surface area contributed by atoms with Crippen LogP contribution in [0, 0.1) is 0 Å². The number of benzene rings is 1. The summed E-state index contributed by atoms with van der Waals surface area (Å²) < 4.78 is 5.66. The Hall–Kier alpha value is -1.66. The van der Waals surface area contributed by atoms with E-state index in [2.05, 4.69) is 31.0 Å². The maximum Gasteiger partial charge on any atom is 0.404 e. The number of amides is 1. The van der Waals surface area contributed by atoms with Crippen molar-refractivity contribution in [2.75, 3.05) is 13.2 Å². The van der Waals surface area contributed by atoms with Gasteiger partial charge in [-0.15, -0.1) is 0 Å². The molecule has 2 aromatic rings. The van der Waals surface area contributed by atoms with E-state index in [1.807, 2.05) is 24.3 Å². The Bertz CT molecular complexity index is 589. The number of ether oxygens (including phenoxy) is 1. The number of rotatable bonds is 5. The number of nitrogens with two attached hydrogens (primary N) is 1. The fraction of sp³-hybridized carbons (Fsp3) is 0.231. The minimum Gasteiger partial charge on any atom is -0.448 e. The summed E-state index contributed by atoms with van der Waals surface area (Å²) >= 11 is 3.51. The first-order valence-electron chi connectivity index (χ1n) is 5.83. The van der Waals surface area contributed by atoms with Gasteiger partial charge in [-0.2, -0.15) is 0 Å². The highest BCUT2D eigenvalue weighted by Crippen LogP contribution is 2.24. The number of halogens is 1. The van der Waals surface area contributed by atoms with Crippen molar-refractivity contribution in [1.29, 1.82) is 0 Å². The van der Waals surface area contributed by atoms with E-state index in [-0.39, 0.29) is 6.61 Å². The molecular formula is C13H14BrN3O2. The number of fused-ring (bicyclic) bond motifs is 1. The molecule has 0 unspecified atom stereocenters. The summed E-state index contributed by atoms with van der Waals surface area (Å²) in [4.78, 5) is 14.8. The maximum absolute atomic E-state index is 10.4. The number of nitrogens with one attached hydrogen (secondary N) is 1. The fourth-order valence-corrected chi connectivity index (χ4v) is 2.24. The Kier molecular flexibility index (Phi) is 4.70. The van der Waals surface area contributed by atoms with Crippen molar-refractivity contribution in [3.63, 3.8) is 0 Å². The van der Waals surface area contributed by atoms with Crippen molar-refractivity contribution in [3.05, 3.63) is 40.5 Å². The summed E-state index contributed by atoms with van der Waals surface area (Å²) in [5.41, 5.74) is 6.93. The van der Waals surface area contributed by atoms with Crippen molar-refractivity contribution < 1.29 is 9.53 Å². The normalized spacial score (nSPS) is 10.6. The Morgan fingerprint density at radius 2 is 2.26 bits per heavy atom. The summed E-state index contributed by atoms with van der Waals surface area (Å²) in [6.07, 6.45) is 1.02. The van der Waals surface area contributed by atoms with E-state index in [1.165, 1.54) is 0 Å². The first kappa shape index (κ1) is 13.8. The van der Waals surface area contributed by atoms with Gasteiger partial charge in [-0.3, -0.25) is 4.98 Å². The van der Waals surface area contributed by atoms with Crippen LogP contribution >= 0.6 is 15.9 Å². The fourth-order valence-electron chi connectivity index (χ4n) is 1.79. The van der Waals surface area contributed by atoms with Crippen molar-refractivity contribution in [2.45, 2.75) is 6.54 Å². The first-order chi connectivity index (χ1) is 9.18. The van der Waals surface area contributed by atoms with Gasteiger partial charge in [0.05, 0.1) is 5.52 Å². The monoisotopic (exact) mass is 323 g/mol. The zero-order chi connectivity index (χ0) is 13.7. The molecule has 0 aliphatic carbocycles. The third-order valence-corrected chi connectivity index (χ3v) is 3.33. The number of aromatic nitrogens is 1. The van der Waals surface area contributed by atoms with Crippen molar-refractivity contribution in [3.8, 4) is 0 Å². The number of carbonyl (C=O) groups excluding carboxylic acids is 1. The van der Waals surface area contributed by atoms with Gasteiger partial charge >= 0.3 is 6.09 Å². The lowest BCUT2D eigenvalue weighted by Crippen LogP contribution is -2.23. The van der Waals surface area contributed by atoms with E-state index in [4.69, 9.17) is 5.73 Å². The summed E-state index contributed by atoms with van der Waals surface area (Å²) in [6, 6.07) is 7.94. The van der Waals surface area contributed by atoms with Crippen LogP contribution in [0.5, 0.6) is 0 Å². The van der Waals surface area contributed by atoms with Gasteiger partial charge in [0.1, 0.15) is 6.61 Å². The third kappa shape index (κ3) is 3.65. The molecule has 100 valence electrons. The lowest BCUT2D eigenvalue weighted by Gasteiger charge is -2.08. The zero-order valence-corrected chi connectivity index (χ0v) is 11.8. The van der Waals surface area contributed by atoms with Gasteiger partial charge in [-0.1, -0.05) is 28.1 Å². The molecule has 0 radical (unpaired) electrons. The average Bonchev–Trinajstić information content (AvgIpc) is 2.41. The molecule has 0 aliphatic heterocycles. The minimum absolute atomic E-state index is 0.261. The molecule has 6 heteroatoms. The summed E-state index contributed by atoms with van der Waals surface area (Å²) in [6.45, 7) is 1.47. The van der Waals surface area contributed by atoms with Crippen LogP contribution in [-0.2, 0) is 11.3 Å². The van der Waals surface area contributed by atoms with Crippen LogP contribution in [0.25, 0.3) is 10.9 Å². The van der Waals surface area contributed by atoms with E-state index in [1.54, 1.807) is 6.20 Å². The molecule has 2 rings (SSSR count). The van der Waals surface area contributed by atoms with E-state index in [0.717, 1.165) is 20.9 Å². The molecule has 0 fully saturated rings. The Morgan fingerprint density at radius 3 is 3.05 bits per heavy atom. The SMILES string of the molecule is NC(=O)OCCNCc1ccc(Br)c2cccnc12. The molecule has 0 spiro atoms. The first-order valence-corrected chi connectivity index (χ1v) is 6.63. The number of hydrogen-bond acceptors (Lipinski definition) is 4. The smallest absolute Gasteiger partial charge is 0.404 e. The zero-order valence-electron chi connectivity index (χ0n) is 10.2. The van der Waals surface area contributed by atoms with Crippen LogP contribution in [0.1, 0.15) is 5.56 Å². The summed E-state index contributed by atoms with van der Waals surface area (Å²) in [5, 5.41) is 4.26. The van der Waals surface area contributed by atoms with Crippen molar-refractivity contribution in [1.82, 2.24) is 10.3 Å². The van der Waals surface area contributed by atoms with Gasteiger partial charge in [-0.05, 0) is 17.7 Å². The highest BCUT2D eigenvalue weighted by molar-refractivity contribution is 9.10. The van der Waals surface area contributed by atoms with E-state index in [0.29, 0.717) is 13.1 Å². The van der Waals surface area contributed by atoms with E-state index >= 15 is 0 Å². The van der Waals surface area contributed by atoms with Gasteiger partial charge in [0.15, 0.2) is 0 Å². The number of hydrogen-bond donors (Lipinski definition) is 2.